The third-order valence-corrected chi connectivity index (χ3v) is 6.31. The fourth-order valence-electron chi connectivity index (χ4n) is 4.31. The molecule has 0 saturated carbocycles. The van der Waals surface area contributed by atoms with Crippen LogP contribution in [0.4, 0.5) is 8.78 Å². The first-order valence-corrected chi connectivity index (χ1v) is 12.2. The molecule has 1 atom stereocenters. The van der Waals surface area contributed by atoms with Gasteiger partial charge in [0.1, 0.15) is 29.3 Å². The second-order valence-corrected chi connectivity index (χ2v) is 8.90. The molecule has 5 aromatic rings. The molecule has 0 aliphatic heterocycles. The third-order valence-electron chi connectivity index (χ3n) is 6.31. The fraction of sp³-hybridized carbons (Fsp3) is 0.207. The molecule has 0 spiro atoms. The zero-order valence-electron chi connectivity index (χ0n) is 20.2. The van der Waals surface area contributed by atoms with Crippen molar-refractivity contribution in [1.82, 2.24) is 14.7 Å². The summed E-state index contributed by atoms with van der Waals surface area (Å²) in [5, 5.41) is 15.1. The van der Waals surface area contributed by atoms with Crippen molar-refractivity contribution in [3.8, 4) is 16.9 Å². The first-order chi connectivity index (χ1) is 17.9. The van der Waals surface area contributed by atoms with E-state index in [0.717, 1.165) is 19.3 Å². The normalized spacial score (nSPS) is 12.2. The molecule has 0 unspecified atom stereocenters. The standard InChI is InChI=1S/C29H25F2N3O3/c1-2-3-4-5-27-32-25-16-19(8-15-23(25)29(36)34(27)22-13-11-21(31)12-14-22)24-17-26(37-33-24)28(35)18-6-9-20(30)10-7-18/h6-17,28,35H,2-5H2,1H3/t28-/m0/s1. The lowest BCUT2D eigenvalue weighted by molar-refractivity contribution is 0.176. The van der Waals surface area contributed by atoms with Gasteiger partial charge in [0.05, 0.1) is 16.6 Å². The van der Waals surface area contributed by atoms with Crippen molar-refractivity contribution in [2.24, 2.45) is 0 Å². The van der Waals surface area contributed by atoms with Crippen LogP contribution in [-0.2, 0) is 6.42 Å². The van der Waals surface area contributed by atoms with Gasteiger partial charge in [-0.05, 0) is 60.5 Å². The van der Waals surface area contributed by atoms with Crippen LogP contribution in [0.5, 0.6) is 0 Å². The first kappa shape index (κ1) is 24.5. The van der Waals surface area contributed by atoms with Gasteiger partial charge in [0, 0.05) is 18.1 Å². The molecule has 1 N–H and O–H groups in total. The molecule has 6 nitrogen and oxygen atoms in total. The number of nitrogens with zero attached hydrogens (tertiary/aromatic N) is 3. The number of hydrogen-bond acceptors (Lipinski definition) is 5. The van der Waals surface area contributed by atoms with Crippen LogP contribution in [0.3, 0.4) is 0 Å². The number of fused-ring (bicyclic) bond motifs is 1. The van der Waals surface area contributed by atoms with Crippen LogP contribution in [0.2, 0.25) is 0 Å². The Balaban J connectivity index is 1.54. The first-order valence-electron chi connectivity index (χ1n) is 12.2. The molecule has 5 rings (SSSR count). The van der Waals surface area contributed by atoms with E-state index in [1.54, 1.807) is 41.0 Å². The van der Waals surface area contributed by atoms with Crippen molar-refractivity contribution in [3.05, 3.63) is 112 Å². The molecule has 0 saturated heterocycles. The third kappa shape index (κ3) is 5.06. The Bertz CT molecular complexity index is 1590. The Labute approximate surface area is 211 Å². The summed E-state index contributed by atoms with van der Waals surface area (Å²) in [6.07, 6.45) is 2.38. The van der Waals surface area contributed by atoms with Gasteiger partial charge in [-0.2, -0.15) is 0 Å². The monoisotopic (exact) mass is 501 g/mol. The summed E-state index contributed by atoms with van der Waals surface area (Å²) in [7, 11) is 0. The van der Waals surface area contributed by atoms with E-state index in [1.165, 1.54) is 36.4 Å². The van der Waals surface area contributed by atoms with E-state index in [9.17, 15) is 18.7 Å². The molecule has 0 radical (unpaired) electrons. The summed E-state index contributed by atoms with van der Waals surface area (Å²) < 4.78 is 33.7. The number of aromatic nitrogens is 3. The highest BCUT2D eigenvalue weighted by molar-refractivity contribution is 5.83. The van der Waals surface area contributed by atoms with Crippen LogP contribution < -0.4 is 5.56 Å². The highest BCUT2D eigenvalue weighted by atomic mass is 19.1. The van der Waals surface area contributed by atoms with Gasteiger partial charge in [-0.1, -0.05) is 43.1 Å². The van der Waals surface area contributed by atoms with E-state index in [0.29, 0.717) is 45.7 Å². The van der Waals surface area contributed by atoms with E-state index < -0.39 is 11.9 Å². The van der Waals surface area contributed by atoms with Crippen molar-refractivity contribution in [3.63, 3.8) is 0 Å². The second kappa shape index (κ2) is 10.4. The number of hydrogen-bond donors (Lipinski definition) is 1. The number of aliphatic hydroxyl groups is 1. The summed E-state index contributed by atoms with van der Waals surface area (Å²) in [4.78, 5) is 18.3. The van der Waals surface area contributed by atoms with Crippen molar-refractivity contribution in [2.75, 3.05) is 0 Å². The number of aryl methyl sites for hydroxylation is 1. The highest BCUT2D eigenvalue weighted by Gasteiger charge is 2.19. The van der Waals surface area contributed by atoms with Crippen molar-refractivity contribution < 1.29 is 18.4 Å². The summed E-state index contributed by atoms with van der Waals surface area (Å²) in [6.45, 7) is 2.10. The lowest BCUT2D eigenvalue weighted by Gasteiger charge is -2.14. The minimum absolute atomic E-state index is 0.210. The molecular weight excluding hydrogens is 476 g/mol. The van der Waals surface area contributed by atoms with Gasteiger partial charge >= 0.3 is 0 Å². The topological polar surface area (TPSA) is 81.2 Å². The Morgan fingerprint density at radius 2 is 1.65 bits per heavy atom. The summed E-state index contributed by atoms with van der Waals surface area (Å²) in [6, 6.07) is 18.1. The summed E-state index contributed by atoms with van der Waals surface area (Å²) in [5.41, 5.74) is 2.45. The molecule has 0 bridgehead atoms. The maximum atomic E-state index is 13.5. The number of rotatable bonds is 8. The number of halogens is 2. The van der Waals surface area contributed by atoms with Gasteiger partial charge < -0.3 is 9.63 Å². The Morgan fingerprint density at radius 1 is 0.946 bits per heavy atom. The van der Waals surface area contributed by atoms with Crippen LogP contribution in [-0.4, -0.2) is 19.8 Å². The second-order valence-electron chi connectivity index (χ2n) is 8.90. The van der Waals surface area contributed by atoms with Crippen molar-refractivity contribution in [2.45, 2.75) is 38.7 Å². The summed E-state index contributed by atoms with van der Waals surface area (Å²) in [5.74, 6) is 0.0357. The van der Waals surface area contributed by atoms with Gasteiger partial charge in [-0.15, -0.1) is 0 Å². The lowest BCUT2D eigenvalue weighted by Crippen LogP contribution is -2.24. The van der Waals surface area contributed by atoms with Crippen molar-refractivity contribution in [1.29, 1.82) is 0 Å². The minimum Gasteiger partial charge on any atom is -0.380 e. The van der Waals surface area contributed by atoms with E-state index in [4.69, 9.17) is 9.51 Å². The minimum atomic E-state index is -1.10. The maximum Gasteiger partial charge on any atom is 0.265 e. The van der Waals surface area contributed by atoms with Crippen LogP contribution in [0.25, 0.3) is 27.8 Å². The predicted molar refractivity (Wildman–Crippen MR) is 136 cm³/mol. The zero-order chi connectivity index (χ0) is 25.9. The Hall–Kier alpha value is -4.17. The van der Waals surface area contributed by atoms with Gasteiger partial charge in [0.2, 0.25) is 0 Å². The molecule has 37 heavy (non-hydrogen) atoms. The SMILES string of the molecule is CCCCCc1nc2cc(-c3cc([C@@H](O)c4ccc(F)cc4)on3)ccc2c(=O)n1-c1ccc(F)cc1. The quantitative estimate of drug-likeness (QED) is 0.259. The van der Waals surface area contributed by atoms with E-state index in [2.05, 4.69) is 12.1 Å². The lowest BCUT2D eigenvalue weighted by atomic mass is 10.0. The average molecular weight is 502 g/mol. The van der Waals surface area contributed by atoms with Crippen LogP contribution in [0.1, 0.15) is 49.4 Å². The Kier molecular flexibility index (Phi) is 6.92. The van der Waals surface area contributed by atoms with E-state index in [-0.39, 0.29) is 17.1 Å². The van der Waals surface area contributed by atoms with Crippen LogP contribution in [0.15, 0.2) is 82.1 Å². The van der Waals surface area contributed by atoms with Gasteiger partial charge in [0.25, 0.3) is 5.56 Å². The molecule has 0 fully saturated rings. The maximum absolute atomic E-state index is 13.5. The largest absolute Gasteiger partial charge is 0.380 e. The molecule has 0 amide bonds. The fourth-order valence-corrected chi connectivity index (χ4v) is 4.31. The molecule has 2 aromatic heterocycles. The zero-order valence-corrected chi connectivity index (χ0v) is 20.2. The molecule has 2 heterocycles. The summed E-state index contributed by atoms with van der Waals surface area (Å²) >= 11 is 0. The van der Waals surface area contributed by atoms with Crippen molar-refractivity contribution >= 4 is 10.9 Å². The van der Waals surface area contributed by atoms with E-state index >= 15 is 0 Å². The number of unbranched alkanes of at least 4 members (excludes halogenated alkanes) is 2. The van der Waals surface area contributed by atoms with Crippen LogP contribution >= 0.6 is 0 Å². The predicted octanol–water partition coefficient (Wildman–Crippen LogP) is 6.13. The highest BCUT2D eigenvalue weighted by Crippen LogP contribution is 2.28. The number of benzene rings is 3. The number of aliphatic hydroxyl groups excluding tert-OH is 1. The molecular formula is C29H25F2N3O3. The molecule has 3 aromatic carbocycles. The van der Waals surface area contributed by atoms with E-state index in [1.807, 2.05) is 0 Å². The van der Waals surface area contributed by atoms with Gasteiger partial charge in [-0.3, -0.25) is 9.36 Å². The Morgan fingerprint density at radius 3 is 2.35 bits per heavy atom. The average Bonchev–Trinajstić information content (AvgIpc) is 3.40. The molecule has 0 aliphatic rings. The van der Waals surface area contributed by atoms with Gasteiger partial charge in [0.15, 0.2) is 5.76 Å². The van der Waals surface area contributed by atoms with Crippen LogP contribution in [0, 0.1) is 11.6 Å². The smallest absolute Gasteiger partial charge is 0.265 e. The molecule has 188 valence electrons. The molecule has 0 aliphatic carbocycles. The molecule has 8 heteroatoms. The van der Waals surface area contributed by atoms with Gasteiger partial charge in [-0.25, -0.2) is 13.8 Å².